The monoisotopic (exact) mass is 871 g/mol. The van der Waals surface area contributed by atoms with Crippen LogP contribution in [0.5, 0.6) is 0 Å². The highest BCUT2D eigenvalue weighted by atomic mass is 16.7. The summed E-state index contributed by atoms with van der Waals surface area (Å²) in [4.78, 5) is 37.2. The summed E-state index contributed by atoms with van der Waals surface area (Å²) in [6, 6.07) is 0. The number of nitrogens with zero attached hydrogens (tertiary/aromatic N) is 1. The predicted octanol–water partition coefficient (Wildman–Crippen LogP) is 13.5. The lowest BCUT2D eigenvalue weighted by Gasteiger charge is -2.25. The van der Waals surface area contributed by atoms with Crippen LogP contribution < -0.4 is 0 Å². The number of likely N-dealkylation sites (N-methyl/N-ethyl adjacent to an activating group) is 1. The molecule has 0 radical (unpaired) electrons. The molecular weight excluding hydrogens is 779 g/mol. The van der Waals surface area contributed by atoms with Gasteiger partial charge in [0.15, 0.2) is 6.10 Å². The molecule has 0 saturated carbocycles. The Morgan fingerprint density at radius 2 is 0.919 bits per heavy atom. The molecule has 2 atom stereocenters. The molecule has 0 saturated heterocycles. The van der Waals surface area contributed by atoms with Gasteiger partial charge in [-0.3, -0.25) is 9.59 Å². The highest BCUT2D eigenvalue weighted by molar-refractivity contribution is 5.71. The summed E-state index contributed by atoms with van der Waals surface area (Å²) in [5.41, 5.74) is 0. The fourth-order valence-electron chi connectivity index (χ4n) is 6.39. The SMILES string of the molecule is CC/C=C\C/C=C\C/C=C\C/C=C\CCCCCCCCCCC(=O)OC(COC(=O)CCCCCCC/C=C\C/C=C\CCCCCC)COC(OCC[N+](C)(C)C)C(=O)O. The summed E-state index contributed by atoms with van der Waals surface area (Å²) in [6.45, 7) is 4.71. The number of hydrogen-bond donors (Lipinski definition) is 1. The number of carboxylic acids is 1. The number of rotatable bonds is 44. The summed E-state index contributed by atoms with van der Waals surface area (Å²) in [5.74, 6) is -2.04. The molecule has 1 N–H and O–H groups in total. The van der Waals surface area contributed by atoms with Crippen molar-refractivity contribution >= 4 is 17.9 Å². The molecule has 9 nitrogen and oxygen atoms in total. The van der Waals surface area contributed by atoms with Crippen LogP contribution in [-0.4, -0.2) is 87.4 Å². The van der Waals surface area contributed by atoms with Gasteiger partial charge in [0.05, 0.1) is 34.4 Å². The first kappa shape index (κ1) is 58.7. The van der Waals surface area contributed by atoms with Crippen molar-refractivity contribution in [2.45, 2.75) is 200 Å². The van der Waals surface area contributed by atoms with Crippen molar-refractivity contribution in [2.24, 2.45) is 0 Å². The van der Waals surface area contributed by atoms with Gasteiger partial charge in [0.1, 0.15) is 13.2 Å². The van der Waals surface area contributed by atoms with E-state index in [0.717, 1.165) is 96.3 Å². The van der Waals surface area contributed by atoms with Gasteiger partial charge in [-0.1, -0.05) is 164 Å². The fourth-order valence-corrected chi connectivity index (χ4v) is 6.39. The fraction of sp³-hybridized carbons (Fsp3) is 0.717. The number of quaternary nitrogens is 1. The lowest BCUT2D eigenvalue weighted by molar-refractivity contribution is -0.870. The van der Waals surface area contributed by atoms with Crippen LogP contribution in [0.2, 0.25) is 0 Å². The van der Waals surface area contributed by atoms with E-state index in [1.165, 1.54) is 57.8 Å². The van der Waals surface area contributed by atoms with Gasteiger partial charge in [0.2, 0.25) is 0 Å². The first-order valence-corrected chi connectivity index (χ1v) is 24.6. The quantitative estimate of drug-likeness (QED) is 0.0212. The lowest BCUT2D eigenvalue weighted by Crippen LogP contribution is -2.40. The number of hydrogen-bond acceptors (Lipinski definition) is 7. The molecule has 9 heteroatoms. The molecule has 0 amide bonds. The normalized spacial score (nSPS) is 13.5. The summed E-state index contributed by atoms with van der Waals surface area (Å²) in [5, 5.41) is 9.66. The molecule has 0 aromatic carbocycles. The second-order valence-corrected chi connectivity index (χ2v) is 17.4. The molecule has 0 aromatic heterocycles. The summed E-state index contributed by atoms with van der Waals surface area (Å²) < 4.78 is 22.8. The number of carbonyl (C=O) groups is 3. The van der Waals surface area contributed by atoms with Crippen LogP contribution in [0.15, 0.2) is 72.9 Å². The van der Waals surface area contributed by atoms with Crippen LogP contribution in [0, 0.1) is 0 Å². The number of carbonyl (C=O) groups excluding carboxylic acids is 2. The maximum Gasteiger partial charge on any atom is 0.361 e. The zero-order valence-electron chi connectivity index (χ0n) is 40.3. The van der Waals surface area contributed by atoms with E-state index < -0.39 is 24.3 Å². The molecule has 0 fully saturated rings. The topological polar surface area (TPSA) is 108 Å². The van der Waals surface area contributed by atoms with Crippen molar-refractivity contribution in [2.75, 3.05) is 47.5 Å². The smallest absolute Gasteiger partial charge is 0.361 e. The number of unbranched alkanes of at least 4 members (excludes halogenated alkanes) is 17. The van der Waals surface area contributed by atoms with Crippen molar-refractivity contribution in [3.63, 3.8) is 0 Å². The summed E-state index contributed by atoms with van der Waals surface area (Å²) in [6.07, 6.45) is 52.4. The van der Waals surface area contributed by atoms with E-state index >= 15 is 0 Å². The van der Waals surface area contributed by atoms with Gasteiger partial charge < -0.3 is 28.5 Å². The molecule has 0 rings (SSSR count). The molecule has 0 aliphatic heterocycles. The largest absolute Gasteiger partial charge is 0.477 e. The van der Waals surface area contributed by atoms with Gasteiger partial charge in [-0.2, -0.15) is 0 Å². The van der Waals surface area contributed by atoms with E-state index in [4.69, 9.17) is 18.9 Å². The van der Waals surface area contributed by atoms with Crippen LogP contribution in [0.3, 0.4) is 0 Å². The highest BCUT2D eigenvalue weighted by Crippen LogP contribution is 2.14. The first-order chi connectivity index (χ1) is 30.1. The number of aliphatic carboxylic acids is 1. The number of ether oxygens (including phenoxy) is 4. The first-order valence-electron chi connectivity index (χ1n) is 24.6. The summed E-state index contributed by atoms with van der Waals surface area (Å²) in [7, 11) is 5.95. The molecule has 62 heavy (non-hydrogen) atoms. The highest BCUT2D eigenvalue weighted by Gasteiger charge is 2.25. The third-order valence-electron chi connectivity index (χ3n) is 10.2. The zero-order valence-corrected chi connectivity index (χ0v) is 40.3. The van der Waals surface area contributed by atoms with Crippen molar-refractivity contribution in [3.8, 4) is 0 Å². The van der Waals surface area contributed by atoms with Gasteiger partial charge in [-0.05, 0) is 83.5 Å². The minimum absolute atomic E-state index is 0.180. The maximum absolute atomic E-state index is 12.8. The molecule has 0 spiro atoms. The Morgan fingerprint density at radius 3 is 1.37 bits per heavy atom. The van der Waals surface area contributed by atoms with Crippen LogP contribution in [-0.2, 0) is 33.3 Å². The van der Waals surface area contributed by atoms with E-state index in [9.17, 15) is 19.5 Å². The number of esters is 2. The lowest BCUT2D eigenvalue weighted by atomic mass is 10.1. The molecule has 0 aromatic rings. The Labute approximate surface area is 379 Å². The number of carboxylic acid groups (broad SMARTS) is 1. The third kappa shape index (κ3) is 44.8. The summed E-state index contributed by atoms with van der Waals surface area (Å²) >= 11 is 0. The van der Waals surface area contributed by atoms with E-state index in [-0.39, 0.29) is 38.6 Å². The van der Waals surface area contributed by atoms with E-state index in [0.29, 0.717) is 17.4 Å². The Morgan fingerprint density at radius 1 is 0.500 bits per heavy atom. The Bertz CT molecular complexity index is 1240. The van der Waals surface area contributed by atoms with Gasteiger partial charge in [0, 0.05) is 12.8 Å². The Balaban J connectivity index is 4.42. The van der Waals surface area contributed by atoms with Gasteiger partial charge >= 0.3 is 17.9 Å². The third-order valence-corrected chi connectivity index (χ3v) is 10.2. The van der Waals surface area contributed by atoms with Crippen molar-refractivity contribution in [1.29, 1.82) is 0 Å². The molecule has 0 heterocycles. The van der Waals surface area contributed by atoms with Crippen LogP contribution in [0.4, 0.5) is 0 Å². The predicted molar refractivity (Wildman–Crippen MR) is 258 cm³/mol. The van der Waals surface area contributed by atoms with Crippen LogP contribution in [0.25, 0.3) is 0 Å². The van der Waals surface area contributed by atoms with Crippen molar-refractivity contribution in [1.82, 2.24) is 0 Å². The van der Waals surface area contributed by atoms with Gasteiger partial charge in [-0.15, -0.1) is 0 Å². The Hall–Kier alpha value is -3.27. The molecule has 356 valence electrons. The standard InChI is InChI=1S/C53H91NO8/c1-6-8-10-12-14-16-18-20-22-24-25-26-27-28-30-32-34-36-38-40-42-44-51(56)62-49(48-61-53(52(57)58)59-46-45-54(3,4)5)47-60-50(55)43-41-39-37-35-33-31-29-23-21-19-17-15-13-11-9-7-2/h8,10,14,16-17,19-20,22-23,25-26,29,49,53H,6-7,9,11-13,15,18,21,24,27-28,30-48H2,1-5H3/p+1/b10-8-,16-14-,19-17-,22-20-,26-25-,29-23-. The van der Waals surface area contributed by atoms with Crippen molar-refractivity contribution in [3.05, 3.63) is 72.9 Å². The van der Waals surface area contributed by atoms with Gasteiger partial charge in [-0.25, -0.2) is 4.79 Å². The van der Waals surface area contributed by atoms with E-state index in [1.807, 2.05) is 21.1 Å². The molecule has 0 aliphatic carbocycles. The molecule has 0 aliphatic rings. The maximum atomic E-state index is 12.8. The Kier molecular flexibility index (Phi) is 42.0. The minimum Gasteiger partial charge on any atom is -0.477 e. The average Bonchev–Trinajstić information content (AvgIpc) is 3.23. The van der Waals surface area contributed by atoms with Crippen LogP contribution in [0.1, 0.15) is 187 Å². The number of allylic oxidation sites excluding steroid dienone is 12. The molecular formula is C53H92NO8+. The average molecular weight is 871 g/mol. The van der Waals surface area contributed by atoms with Crippen molar-refractivity contribution < 1.29 is 42.9 Å². The second-order valence-electron chi connectivity index (χ2n) is 17.4. The molecule has 2 unspecified atom stereocenters. The minimum atomic E-state index is -1.52. The molecule has 0 bridgehead atoms. The van der Waals surface area contributed by atoms with E-state index in [1.54, 1.807) is 0 Å². The second kappa shape index (κ2) is 44.3. The van der Waals surface area contributed by atoms with Gasteiger partial charge in [0.25, 0.3) is 6.29 Å². The van der Waals surface area contributed by atoms with Crippen LogP contribution >= 0.6 is 0 Å². The van der Waals surface area contributed by atoms with E-state index in [2.05, 4.69) is 86.8 Å². The zero-order chi connectivity index (χ0) is 45.6.